The van der Waals surface area contributed by atoms with E-state index >= 15 is 0 Å². The summed E-state index contributed by atoms with van der Waals surface area (Å²) >= 11 is 0. The summed E-state index contributed by atoms with van der Waals surface area (Å²) in [5.74, 6) is 1.39. The van der Waals surface area contributed by atoms with Crippen molar-refractivity contribution in [2.24, 2.45) is 23.2 Å². The second-order valence-electron chi connectivity index (χ2n) is 13.8. The third-order valence-electron chi connectivity index (χ3n) is 11.6. The minimum Gasteiger partial charge on any atom is -0.413 e. The number of benzene rings is 2. The van der Waals surface area contributed by atoms with E-state index in [4.69, 9.17) is 9.16 Å². The zero-order valence-electron chi connectivity index (χ0n) is 27.5. The van der Waals surface area contributed by atoms with Crippen molar-refractivity contribution >= 4 is 24.0 Å². The summed E-state index contributed by atoms with van der Waals surface area (Å²) in [5.41, 5.74) is 1.04. The number of non-ortho nitro benzene ring substituents is 1. The fraction of sp³-hybridized carbons (Fsp3) is 0.657. The molecule has 6 atom stereocenters. The molecule has 0 aromatic heterocycles. The van der Waals surface area contributed by atoms with Gasteiger partial charge in [-0.15, -0.1) is 0 Å². The van der Waals surface area contributed by atoms with E-state index in [-0.39, 0.29) is 28.2 Å². The molecule has 2 aliphatic carbocycles. The summed E-state index contributed by atoms with van der Waals surface area (Å²) in [6.45, 7) is 10.8. The predicted molar refractivity (Wildman–Crippen MR) is 180 cm³/mol. The molecule has 1 spiro atoms. The standard InChI is InChI=1S/C35H52N2O6SSi/c1-5-45(6-2,7-3)43-34-24-27(4)23-29-25-33(42-26-28-13-9-8-10-14-28)32-15-11-21-36(22-12-20-35(29,32)34)44(40,41)31-18-16-30(17-19-31)37(38)39/h8-10,13-14,16-19,27,29,32-34H,5-7,11-12,15,20-26H2,1-4H3/t27-,29?,32-,33-,34-,35+/m1/s1. The Kier molecular flexibility index (Phi) is 10.9. The molecule has 1 heterocycles. The maximum atomic E-state index is 13.8. The molecular weight excluding hydrogens is 605 g/mol. The van der Waals surface area contributed by atoms with Gasteiger partial charge >= 0.3 is 0 Å². The molecule has 0 bridgehead atoms. The Hall–Kier alpha value is -2.11. The van der Waals surface area contributed by atoms with Gasteiger partial charge in [-0.3, -0.25) is 10.1 Å². The van der Waals surface area contributed by atoms with Crippen molar-refractivity contribution in [2.75, 3.05) is 13.1 Å². The lowest BCUT2D eigenvalue weighted by Gasteiger charge is -2.54. The molecule has 2 saturated carbocycles. The molecule has 3 aliphatic rings. The highest BCUT2D eigenvalue weighted by Crippen LogP contribution is 2.63. The van der Waals surface area contributed by atoms with Crippen LogP contribution in [-0.2, 0) is 25.8 Å². The van der Waals surface area contributed by atoms with Crippen molar-refractivity contribution in [3.8, 4) is 0 Å². The van der Waals surface area contributed by atoms with Gasteiger partial charge in [0.2, 0.25) is 10.0 Å². The van der Waals surface area contributed by atoms with Crippen LogP contribution in [0.25, 0.3) is 0 Å². The lowest BCUT2D eigenvalue weighted by molar-refractivity contribution is -0.384. The van der Waals surface area contributed by atoms with Gasteiger partial charge in [0.1, 0.15) is 0 Å². The van der Waals surface area contributed by atoms with Gasteiger partial charge in [0, 0.05) is 30.6 Å². The molecule has 45 heavy (non-hydrogen) atoms. The van der Waals surface area contributed by atoms with Crippen LogP contribution >= 0.6 is 0 Å². The minimum atomic E-state index is -3.78. The molecule has 0 N–H and O–H groups in total. The Morgan fingerprint density at radius 1 is 0.956 bits per heavy atom. The highest BCUT2D eigenvalue weighted by molar-refractivity contribution is 7.89. The first-order valence-electron chi connectivity index (χ1n) is 17.2. The normalized spacial score (nSPS) is 29.6. The third kappa shape index (κ3) is 6.95. The van der Waals surface area contributed by atoms with Crippen LogP contribution in [-0.4, -0.2) is 51.3 Å². The van der Waals surface area contributed by atoms with E-state index in [1.165, 1.54) is 36.2 Å². The van der Waals surface area contributed by atoms with Crippen molar-refractivity contribution < 1.29 is 22.5 Å². The molecule has 10 heteroatoms. The Balaban J connectivity index is 1.46. The average molecular weight is 657 g/mol. The van der Waals surface area contributed by atoms with Crippen LogP contribution < -0.4 is 0 Å². The van der Waals surface area contributed by atoms with Gasteiger partial charge < -0.3 is 9.16 Å². The monoisotopic (exact) mass is 656 g/mol. The van der Waals surface area contributed by atoms with Crippen LogP contribution in [0, 0.1) is 33.3 Å². The van der Waals surface area contributed by atoms with Crippen molar-refractivity contribution in [1.29, 1.82) is 0 Å². The molecule has 2 aromatic rings. The second-order valence-corrected chi connectivity index (χ2v) is 20.5. The maximum Gasteiger partial charge on any atom is 0.269 e. The summed E-state index contributed by atoms with van der Waals surface area (Å²) < 4.78 is 43.6. The van der Waals surface area contributed by atoms with Crippen LogP contribution in [0.3, 0.4) is 0 Å². The zero-order chi connectivity index (χ0) is 32.2. The first-order chi connectivity index (χ1) is 21.6. The molecule has 1 saturated heterocycles. The van der Waals surface area contributed by atoms with E-state index in [0.717, 1.165) is 56.7 Å². The maximum absolute atomic E-state index is 13.8. The molecule has 2 aromatic carbocycles. The van der Waals surface area contributed by atoms with E-state index in [2.05, 4.69) is 52.0 Å². The molecular formula is C35H52N2O6SSi. The first-order valence-corrected chi connectivity index (χ1v) is 21.1. The second kappa shape index (κ2) is 14.3. The molecule has 3 fully saturated rings. The van der Waals surface area contributed by atoms with Crippen LogP contribution in [0.4, 0.5) is 5.69 Å². The summed E-state index contributed by atoms with van der Waals surface area (Å²) in [6.07, 6.45) is 6.91. The van der Waals surface area contributed by atoms with Crippen molar-refractivity contribution in [1.82, 2.24) is 4.31 Å². The van der Waals surface area contributed by atoms with Gasteiger partial charge in [-0.2, -0.15) is 4.31 Å². The zero-order valence-corrected chi connectivity index (χ0v) is 29.3. The van der Waals surface area contributed by atoms with Crippen LogP contribution in [0.1, 0.15) is 78.2 Å². The Morgan fingerprint density at radius 3 is 2.27 bits per heavy atom. The molecule has 8 nitrogen and oxygen atoms in total. The fourth-order valence-corrected chi connectivity index (χ4v) is 13.4. The lowest BCUT2D eigenvalue weighted by atomic mass is 9.57. The topological polar surface area (TPSA) is 99.0 Å². The van der Waals surface area contributed by atoms with Crippen molar-refractivity contribution in [3.05, 3.63) is 70.3 Å². The van der Waals surface area contributed by atoms with Gasteiger partial charge in [0.25, 0.3) is 5.69 Å². The smallest absolute Gasteiger partial charge is 0.269 e. The molecule has 248 valence electrons. The number of sulfonamides is 1. The first kappa shape index (κ1) is 34.2. The van der Waals surface area contributed by atoms with Crippen molar-refractivity contribution in [2.45, 2.75) is 114 Å². The van der Waals surface area contributed by atoms with Crippen LogP contribution in [0.5, 0.6) is 0 Å². The van der Waals surface area contributed by atoms with Gasteiger partial charge in [-0.25, -0.2) is 8.42 Å². The largest absolute Gasteiger partial charge is 0.413 e. The predicted octanol–water partition coefficient (Wildman–Crippen LogP) is 8.19. The third-order valence-corrected chi connectivity index (χ3v) is 18.1. The molecule has 0 radical (unpaired) electrons. The number of hydrogen-bond acceptors (Lipinski definition) is 6. The number of rotatable bonds is 11. The number of nitro groups is 1. The number of hydrogen-bond donors (Lipinski definition) is 0. The quantitative estimate of drug-likeness (QED) is 0.137. The molecule has 0 amide bonds. The van der Waals surface area contributed by atoms with Gasteiger partial charge in [0.15, 0.2) is 8.32 Å². The number of nitro benzene ring substituents is 1. The number of ether oxygens (including phenoxy) is 1. The Labute approximate surface area is 271 Å². The van der Waals surface area contributed by atoms with E-state index < -0.39 is 23.3 Å². The minimum absolute atomic E-state index is 0.0290. The molecule has 1 unspecified atom stereocenters. The molecule has 5 rings (SSSR count). The van der Waals surface area contributed by atoms with Crippen LogP contribution in [0.15, 0.2) is 59.5 Å². The number of nitrogens with zero attached hydrogens (tertiary/aromatic N) is 2. The van der Waals surface area contributed by atoms with Gasteiger partial charge in [-0.1, -0.05) is 58.0 Å². The Bertz CT molecular complexity index is 1380. The van der Waals surface area contributed by atoms with E-state index in [0.29, 0.717) is 37.5 Å². The summed E-state index contributed by atoms with van der Waals surface area (Å²) in [4.78, 5) is 10.8. The molecule has 1 aliphatic heterocycles. The van der Waals surface area contributed by atoms with Crippen LogP contribution in [0.2, 0.25) is 18.1 Å². The highest BCUT2D eigenvalue weighted by Gasteiger charge is 2.61. The van der Waals surface area contributed by atoms with E-state index in [1.54, 1.807) is 4.31 Å². The van der Waals surface area contributed by atoms with E-state index in [9.17, 15) is 18.5 Å². The van der Waals surface area contributed by atoms with Crippen molar-refractivity contribution in [3.63, 3.8) is 0 Å². The summed E-state index contributed by atoms with van der Waals surface area (Å²) in [5, 5.41) is 11.2. The van der Waals surface area contributed by atoms with Gasteiger partial charge in [0.05, 0.1) is 28.6 Å². The SMILES string of the molecule is CC[Si](CC)(CC)O[C@@H]1C[C@H](C)CC2C[C@@H](OCc3ccccc3)[C@H]3CCCN(S(=O)(=O)c4ccc([N+](=O)[O-])cc4)CCC[C@]231. The Morgan fingerprint density at radius 2 is 1.62 bits per heavy atom. The summed E-state index contributed by atoms with van der Waals surface area (Å²) in [6, 6.07) is 19.1. The lowest BCUT2D eigenvalue weighted by Crippen LogP contribution is -2.55. The highest BCUT2D eigenvalue weighted by atomic mass is 32.2. The fourth-order valence-electron chi connectivity index (χ4n) is 9.01. The average Bonchev–Trinajstić information content (AvgIpc) is 3.39. The summed E-state index contributed by atoms with van der Waals surface area (Å²) in [7, 11) is -5.69. The van der Waals surface area contributed by atoms with E-state index in [1.807, 2.05) is 6.07 Å². The van der Waals surface area contributed by atoms with Gasteiger partial charge in [-0.05, 0) is 98.5 Å².